The van der Waals surface area contributed by atoms with Crippen molar-refractivity contribution in [2.75, 3.05) is 0 Å². The quantitative estimate of drug-likeness (QED) is 0.643. The van der Waals surface area contributed by atoms with Crippen LogP contribution in [0.3, 0.4) is 0 Å². The summed E-state index contributed by atoms with van der Waals surface area (Å²) in [6.07, 6.45) is 11.2. The number of hydrogen-bond acceptors (Lipinski definition) is 2. The van der Waals surface area contributed by atoms with Crippen molar-refractivity contribution >= 4 is 5.78 Å². The van der Waals surface area contributed by atoms with Gasteiger partial charge in [-0.25, -0.2) is 0 Å². The zero-order valence-electron chi connectivity index (χ0n) is 8.80. The smallest absolute Gasteiger partial charge is 0.196 e. The van der Waals surface area contributed by atoms with Gasteiger partial charge in [-0.3, -0.25) is 4.79 Å². The molecule has 14 heavy (non-hydrogen) atoms. The summed E-state index contributed by atoms with van der Waals surface area (Å²) in [6, 6.07) is 0. The number of rotatable bonds is 0. The van der Waals surface area contributed by atoms with Gasteiger partial charge in [-0.1, -0.05) is 32.1 Å². The molecular weight excluding hydrogens is 176 g/mol. The zero-order valence-corrected chi connectivity index (χ0v) is 8.80. The summed E-state index contributed by atoms with van der Waals surface area (Å²) in [4.78, 5) is 11.3. The van der Waals surface area contributed by atoms with Crippen molar-refractivity contribution in [2.45, 2.75) is 57.8 Å². The maximum atomic E-state index is 11.3. The zero-order chi connectivity index (χ0) is 10.2. The number of aliphatic hydroxyl groups is 1. The summed E-state index contributed by atoms with van der Waals surface area (Å²) in [7, 11) is 0. The Kier molecular flexibility index (Phi) is 5.35. The molecule has 1 rings (SSSR count). The second-order valence-corrected chi connectivity index (χ2v) is 4.03. The minimum atomic E-state index is -0.0782. The predicted molar refractivity (Wildman–Crippen MR) is 57.3 cm³/mol. The fourth-order valence-corrected chi connectivity index (χ4v) is 1.79. The molecule has 0 radical (unpaired) electrons. The molecule has 0 aliphatic heterocycles. The van der Waals surface area contributed by atoms with Crippen LogP contribution in [-0.4, -0.2) is 10.9 Å². The number of hydrogen-bond donors (Lipinski definition) is 1. The highest BCUT2D eigenvalue weighted by Gasteiger charge is 2.07. The van der Waals surface area contributed by atoms with Crippen molar-refractivity contribution in [3.8, 4) is 0 Å². The largest absolute Gasteiger partial charge is 0.505 e. The minimum Gasteiger partial charge on any atom is -0.505 e. The van der Waals surface area contributed by atoms with Crippen LogP contribution in [0.1, 0.15) is 57.8 Å². The monoisotopic (exact) mass is 196 g/mol. The summed E-state index contributed by atoms with van der Waals surface area (Å²) in [5.74, 6) is -0.0869. The van der Waals surface area contributed by atoms with E-state index < -0.39 is 0 Å². The molecule has 0 fully saturated rings. The van der Waals surface area contributed by atoms with Crippen LogP contribution in [0, 0.1) is 0 Å². The van der Waals surface area contributed by atoms with Gasteiger partial charge < -0.3 is 5.11 Å². The van der Waals surface area contributed by atoms with E-state index in [1.165, 1.54) is 25.7 Å². The summed E-state index contributed by atoms with van der Waals surface area (Å²) >= 11 is 0. The van der Waals surface area contributed by atoms with Crippen LogP contribution in [0.15, 0.2) is 11.8 Å². The van der Waals surface area contributed by atoms with Gasteiger partial charge in [0.2, 0.25) is 0 Å². The molecule has 1 N–H and O–H groups in total. The lowest BCUT2D eigenvalue weighted by Crippen LogP contribution is -2.02. The number of allylic oxidation sites excluding steroid dienone is 2. The highest BCUT2D eigenvalue weighted by atomic mass is 16.3. The first-order valence-electron chi connectivity index (χ1n) is 5.73. The molecule has 0 amide bonds. The lowest BCUT2D eigenvalue weighted by molar-refractivity contribution is -0.118. The summed E-state index contributed by atoms with van der Waals surface area (Å²) < 4.78 is 0. The topological polar surface area (TPSA) is 37.3 Å². The Balaban J connectivity index is 2.40. The second kappa shape index (κ2) is 6.63. The van der Waals surface area contributed by atoms with Crippen molar-refractivity contribution in [2.24, 2.45) is 0 Å². The maximum absolute atomic E-state index is 11.3. The predicted octanol–water partition coefficient (Wildman–Crippen LogP) is 3.52. The van der Waals surface area contributed by atoms with Crippen molar-refractivity contribution in [3.63, 3.8) is 0 Å². The first kappa shape index (κ1) is 11.3. The van der Waals surface area contributed by atoms with Gasteiger partial charge >= 0.3 is 0 Å². The van der Waals surface area contributed by atoms with Crippen LogP contribution < -0.4 is 0 Å². The Morgan fingerprint density at radius 1 is 0.929 bits per heavy atom. The van der Waals surface area contributed by atoms with Crippen LogP contribution >= 0.6 is 0 Å². The van der Waals surface area contributed by atoms with Gasteiger partial charge in [0.15, 0.2) is 11.5 Å². The Morgan fingerprint density at radius 2 is 1.50 bits per heavy atom. The number of ketones is 1. The van der Waals surface area contributed by atoms with Crippen LogP contribution in [0.25, 0.3) is 0 Å². The fraction of sp³-hybridized carbons (Fsp3) is 0.750. The van der Waals surface area contributed by atoms with Crippen LogP contribution in [-0.2, 0) is 4.79 Å². The fourth-order valence-electron chi connectivity index (χ4n) is 1.79. The van der Waals surface area contributed by atoms with Crippen LogP contribution in [0.2, 0.25) is 0 Å². The normalized spacial score (nSPS) is 25.7. The van der Waals surface area contributed by atoms with E-state index in [0.717, 1.165) is 25.7 Å². The third-order valence-corrected chi connectivity index (χ3v) is 2.73. The van der Waals surface area contributed by atoms with Crippen LogP contribution in [0.4, 0.5) is 0 Å². The standard InChI is InChI=1S/C12H20O2/c13-11-9-7-5-3-1-2-4-6-8-10-12(11)14/h9,13H,1-8,10H2/b11-9-. The molecule has 0 saturated carbocycles. The summed E-state index contributed by atoms with van der Waals surface area (Å²) in [5, 5.41) is 9.37. The average molecular weight is 196 g/mol. The Bertz CT molecular complexity index is 206. The molecule has 0 unspecified atom stereocenters. The highest BCUT2D eigenvalue weighted by Crippen LogP contribution is 2.13. The van der Waals surface area contributed by atoms with E-state index in [1.54, 1.807) is 6.08 Å². The molecule has 0 aromatic rings. The van der Waals surface area contributed by atoms with Gasteiger partial charge in [0.1, 0.15) is 0 Å². The number of carbonyl (C=O) groups is 1. The van der Waals surface area contributed by atoms with E-state index in [9.17, 15) is 9.90 Å². The SMILES string of the molecule is O=C1CCCCCCCCC/C=C/1O. The van der Waals surface area contributed by atoms with Crippen molar-refractivity contribution in [1.29, 1.82) is 0 Å². The van der Waals surface area contributed by atoms with Gasteiger partial charge in [-0.15, -0.1) is 0 Å². The first-order valence-corrected chi connectivity index (χ1v) is 5.73. The number of aliphatic hydroxyl groups excluding tert-OH is 1. The van der Waals surface area contributed by atoms with Gasteiger partial charge in [0.25, 0.3) is 0 Å². The van der Waals surface area contributed by atoms with E-state index >= 15 is 0 Å². The molecule has 2 heteroatoms. The van der Waals surface area contributed by atoms with E-state index in [1.807, 2.05) is 0 Å². The molecule has 0 aromatic carbocycles. The number of carbonyl (C=O) groups excluding carboxylic acids is 1. The van der Waals surface area contributed by atoms with Crippen molar-refractivity contribution in [1.82, 2.24) is 0 Å². The van der Waals surface area contributed by atoms with Gasteiger partial charge in [0.05, 0.1) is 0 Å². The van der Waals surface area contributed by atoms with E-state index in [2.05, 4.69) is 0 Å². The number of Topliss-reactive ketones (excluding diaryl/α,β-unsaturated/α-hetero) is 1. The molecule has 80 valence electrons. The summed E-state index contributed by atoms with van der Waals surface area (Å²) in [6.45, 7) is 0. The molecule has 1 aliphatic rings. The molecule has 0 atom stereocenters. The molecule has 0 saturated heterocycles. The first-order chi connectivity index (χ1) is 6.80. The molecule has 0 spiro atoms. The Labute approximate surface area is 86.0 Å². The molecular formula is C12H20O2. The molecule has 2 nitrogen and oxygen atoms in total. The third kappa shape index (κ3) is 4.45. The second-order valence-electron chi connectivity index (χ2n) is 4.03. The van der Waals surface area contributed by atoms with Crippen molar-refractivity contribution in [3.05, 3.63) is 11.8 Å². The molecule has 1 aliphatic carbocycles. The maximum Gasteiger partial charge on any atom is 0.196 e. The molecule has 0 bridgehead atoms. The average Bonchev–Trinajstić information content (AvgIpc) is 2.18. The van der Waals surface area contributed by atoms with Crippen LogP contribution in [0.5, 0.6) is 0 Å². The van der Waals surface area contributed by atoms with Gasteiger partial charge in [-0.05, 0) is 25.3 Å². The van der Waals surface area contributed by atoms with Crippen molar-refractivity contribution < 1.29 is 9.90 Å². The van der Waals surface area contributed by atoms with E-state index in [4.69, 9.17) is 0 Å². The Morgan fingerprint density at radius 3 is 2.21 bits per heavy atom. The lowest BCUT2D eigenvalue weighted by atomic mass is 10.0. The Hall–Kier alpha value is -0.790. The van der Waals surface area contributed by atoms with E-state index in [-0.39, 0.29) is 11.5 Å². The molecule has 0 heterocycles. The van der Waals surface area contributed by atoms with E-state index in [0.29, 0.717) is 6.42 Å². The minimum absolute atomic E-state index is 0.00873. The van der Waals surface area contributed by atoms with Gasteiger partial charge in [0, 0.05) is 6.42 Å². The third-order valence-electron chi connectivity index (χ3n) is 2.73. The molecule has 0 aromatic heterocycles. The summed E-state index contributed by atoms with van der Waals surface area (Å²) in [5.41, 5.74) is 0. The van der Waals surface area contributed by atoms with Gasteiger partial charge in [-0.2, -0.15) is 0 Å². The highest BCUT2D eigenvalue weighted by molar-refractivity contribution is 5.92. The lowest BCUT2D eigenvalue weighted by Gasteiger charge is -2.04.